The molecule has 1 saturated carbocycles. The minimum Gasteiger partial charge on any atom is -0.376 e. The molecule has 0 amide bonds. The molecule has 6 heteroatoms. The Morgan fingerprint density at radius 3 is 2.65 bits per heavy atom. The van der Waals surface area contributed by atoms with E-state index in [1.807, 2.05) is 13.8 Å². The number of nitrogens with two attached hydrogens (primary N) is 1. The van der Waals surface area contributed by atoms with Gasteiger partial charge in [0.2, 0.25) is 0 Å². The molecule has 1 saturated heterocycles. The molecule has 0 radical (unpaired) electrons. The van der Waals surface area contributed by atoms with E-state index in [0.29, 0.717) is 19.6 Å². The van der Waals surface area contributed by atoms with E-state index in [1.54, 1.807) is 0 Å². The van der Waals surface area contributed by atoms with Crippen molar-refractivity contribution in [1.29, 1.82) is 0 Å². The van der Waals surface area contributed by atoms with E-state index in [0.717, 1.165) is 6.42 Å². The first-order valence-electron chi connectivity index (χ1n) is 7.43. The lowest BCUT2D eigenvalue weighted by atomic mass is 9.73. The minimum atomic E-state index is -4.11. The predicted octanol–water partition coefficient (Wildman–Crippen LogP) is 2.55. The fourth-order valence-electron chi connectivity index (χ4n) is 3.75. The zero-order valence-corrected chi connectivity index (χ0v) is 12.2. The fraction of sp³-hybridized carbons (Fsp3) is 1.00. The highest BCUT2D eigenvalue weighted by molar-refractivity contribution is 5.01. The largest absolute Gasteiger partial charge is 0.391 e. The Labute approximate surface area is 118 Å². The first-order chi connectivity index (χ1) is 9.28. The molecule has 3 nitrogen and oxygen atoms in total. The van der Waals surface area contributed by atoms with Crippen molar-refractivity contribution in [1.82, 2.24) is 4.90 Å². The molecule has 0 bridgehead atoms. The van der Waals surface area contributed by atoms with Crippen LogP contribution in [0.2, 0.25) is 0 Å². The molecular weight excluding hydrogens is 269 g/mol. The maximum absolute atomic E-state index is 13.1. The molecule has 2 fully saturated rings. The van der Waals surface area contributed by atoms with Gasteiger partial charge in [-0.25, -0.2) is 0 Å². The van der Waals surface area contributed by atoms with E-state index in [1.165, 1.54) is 0 Å². The standard InChI is InChI=1S/C14H25F3N2O/c1-10-8-20-11(2)7-19(10)13(9-18)5-3-4-12(6-13)14(15,16)17/h10-12H,3-9,18H2,1-2H3. The summed E-state index contributed by atoms with van der Waals surface area (Å²) in [5, 5.41) is 0. The van der Waals surface area contributed by atoms with Crippen molar-refractivity contribution in [3.8, 4) is 0 Å². The van der Waals surface area contributed by atoms with Gasteiger partial charge in [0.05, 0.1) is 18.6 Å². The predicted molar refractivity (Wildman–Crippen MR) is 71.4 cm³/mol. The molecule has 2 N–H and O–H groups in total. The normalized spacial score (nSPS) is 40.8. The molecular formula is C14H25F3N2O. The van der Waals surface area contributed by atoms with Crippen LogP contribution in [-0.2, 0) is 4.74 Å². The molecule has 0 aromatic carbocycles. The highest BCUT2D eigenvalue weighted by Crippen LogP contribution is 2.44. The molecule has 2 rings (SSSR count). The summed E-state index contributed by atoms with van der Waals surface area (Å²) in [7, 11) is 0. The van der Waals surface area contributed by atoms with Crippen molar-refractivity contribution < 1.29 is 17.9 Å². The van der Waals surface area contributed by atoms with Crippen LogP contribution in [0.15, 0.2) is 0 Å². The van der Waals surface area contributed by atoms with E-state index < -0.39 is 17.6 Å². The zero-order chi connectivity index (χ0) is 15.0. The summed E-state index contributed by atoms with van der Waals surface area (Å²) in [6, 6.07) is 0.127. The van der Waals surface area contributed by atoms with Crippen LogP contribution in [0.5, 0.6) is 0 Å². The van der Waals surface area contributed by atoms with E-state index in [4.69, 9.17) is 10.5 Å². The van der Waals surface area contributed by atoms with Gasteiger partial charge in [-0.2, -0.15) is 13.2 Å². The number of rotatable bonds is 2. The van der Waals surface area contributed by atoms with Crippen molar-refractivity contribution in [3.05, 3.63) is 0 Å². The van der Waals surface area contributed by atoms with Gasteiger partial charge in [0.15, 0.2) is 0 Å². The molecule has 118 valence electrons. The molecule has 4 atom stereocenters. The fourth-order valence-corrected chi connectivity index (χ4v) is 3.75. The maximum atomic E-state index is 13.1. The van der Waals surface area contributed by atoms with Gasteiger partial charge < -0.3 is 10.5 Å². The van der Waals surface area contributed by atoms with Crippen LogP contribution in [0.3, 0.4) is 0 Å². The summed E-state index contributed by atoms with van der Waals surface area (Å²) in [4.78, 5) is 2.18. The van der Waals surface area contributed by atoms with Crippen LogP contribution in [-0.4, -0.2) is 48.5 Å². The third kappa shape index (κ3) is 3.12. The Morgan fingerprint density at radius 2 is 2.05 bits per heavy atom. The monoisotopic (exact) mass is 294 g/mol. The van der Waals surface area contributed by atoms with Gasteiger partial charge in [-0.15, -0.1) is 0 Å². The quantitative estimate of drug-likeness (QED) is 0.850. The second-order valence-corrected chi connectivity index (χ2v) is 6.41. The number of hydrogen-bond donors (Lipinski definition) is 1. The molecule has 1 aliphatic heterocycles. The maximum Gasteiger partial charge on any atom is 0.391 e. The molecule has 2 aliphatic rings. The number of nitrogens with zero attached hydrogens (tertiary/aromatic N) is 1. The topological polar surface area (TPSA) is 38.5 Å². The molecule has 1 heterocycles. The van der Waals surface area contributed by atoms with E-state index in [-0.39, 0.29) is 31.5 Å². The summed E-state index contributed by atoms with van der Waals surface area (Å²) in [6.45, 7) is 5.51. The van der Waals surface area contributed by atoms with Crippen molar-refractivity contribution in [2.24, 2.45) is 11.7 Å². The van der Waals surface area contributed by atoms with Gasteiger partial charge >= 0.3 is 6.18 Å². The first-order valence-corrected chi connectivity index (χ1v) is 7.43. The Balaban J connectivity index is 2.19. The van der Waals surface area contributed by atoms with Crippen LogP contribution in [0, 0.1) is 5.92 Å². The molecule has 0 aromatic rings. The van der Waals surface area contributed by atoms with Gasteiger partial charge in [0.1, 0.15) is 0 Å². The number of ether oxygens (including phenoxy) is 1. The van der Waals surface area contributed by atoms with Gasteiger partial charge in [0, 0.05) is 24.7 Å². The van der Waals surface area contributed by atoms with Crippen LogP contribution in [0.4, 0.5) is 13.2 Å². The lowest BCUT2D eigenvalue weighted by Gasteiger charge is -2.53. The van der Waals surface area contributed by atoms with Crippen molar-refractivity contribution in [2.75, 3.05) is 19.7 Å². The van der Waals surface area contributed by atoms with Crippen LogP contribution in [0.25, 0.3) is 0 Å². The molecule has 20 heavy (non-hydrogen) atoms. The number of hydrogen-bond acceptors (Lipinski definition) is 3. The van der Waals surface area contributed by atoms with Crippen molar-refractivity contribution in [3.63, 3.8) is 0 Å². The van der Waals surface area contributed by atoms with Crippen LogP contribution in [0.1, 0.15) is 39.5 Å². The Morgan fingerprint density at radius 1 is 1.35 bits per heavy atom. The third-order valence-corrected chi connectivity index (χ3v) is 4.88. The van der Waals surface area contributed by atoms with E-state index >= 15 is 0 Å². The summed E-state index contributed by atoms with van der Waals surface area (Å²) in [6.07, 6.45) is -2.33. The lowest BCUT2D eigenvalue weighted by molar-refractivity contribution is -0.200. The van der Waals surface area contributed by atoms with Crippen molar-refractivity contribution >= 4 is 0 Å². The summed E-state index contributed by atoms with van der Waals surface area (Å²) >= 11 is 0. The smallest absolute Gasteiger partial charge is 0.376 e. The molecule has 1 aliphatic carbocycles. The molecule has 0 aromatic heterocycles. The van der Waals surface area contributed by atoms with Crippen LogP contribution < -0.4 is 5.73 Å². The van der Waals surface area contributed by atoms with E-state index in [2.05, 4.69) is 4.90 Å². The number of alkyl halides is 3. The van der Waals surface area contributed by atoms with Crippen molar-refractivity contribution in [2.45, 2.75) is 63.4 Å². The van der Waals surface area contributed by atoms with Gasteiger partial charge in [0.25, 0.3) is 0 Å². The second kappa shape index (κ2) is 5.81. The Bertz CT molecular complexity index is 337. The molecule has 4 unspecified atom stereocenters. The van der Waals surface area contributed by atoms with Gasteiger partial charge in [-0.1, -0.05) is 6.42 Å². The highest BCUT2D eigenvalue weighted by atomic mass is 19.4. The Kier molecular flexibility index (Phi) is 4.66. The summed E-state index contributed by atoms with van der Waals surface area (Å²) in [5.74, 6) is -1.22. The highest BCUT2D eigenvalue weighted by Gasteiger charge is 2.50. The first kappa shape index (κ1) is 16.0. The zero-order valence-electron chi connectivity index (χ0n) is 12.2. The molecule has 0 spiro atoms. The SMILES string of the molecule is CC1CN(C2(CN)CCCC(C(F)(F)F)C2)C(C)CO1. The van der Waals surface area contributed by atoms with Gasteiger partial charge in [-0.05, 0) is 33.1 Å². The van der Waals surface area contributed by atoms with Crippen LogP contribution >= 0.6 is 0 Å². The average Bonchev–Trinajstić information content (AvgIpc) is 2.40. The second-order valence-electron chi connectivity index (χ2n) is 6.41. The average molecular weight is 294 g/mol. The Hall–Kier alpha value is -0.330. The minimum absolute atomic E-state index is 0.0564. The van der Waals surface area contributed by atoms with E-state index in [9.17, 15) is 13.2 Å². The summed E-state index contributed by atoms with van der Waals surface area (Å²) < 4.78 is 44.8. The number of morpholine rings is 1. The summed E-state index contributed by atoms with van der Waals surface area (Å²) in [5.41, 5.74) is 5.41. The number of halogens is 3. The van der Waals surface area contributed by atoms with Gasteiger partial charge in [-0.3, -0.25) is 4.90 Å². The third-order valence-electron chi connectivity index (χ3n) is 4.88. The lowest BCUT2D eigenvalue weighted by Crippen LogP contribution is -2.64.